The number of amides is 1. The van der Waals surface area contributed by atoms with E-state index in [-0.39, 0.29) is 0 Å². The molecule has 4 N–H and O–H groups in total. The standard InChI is InChI=1S/C7H14N2O5/c1-13-3-2-5(8)7(12)9-14-4-6(10)11/h5H,2-4,8H2,1H3,(H,9,12)(H,10,11). The Kier molecular flexibility index (Phi) is 6.63. The lowest BCUT2D eigenvalue weighted by molar-refractivity contribution is -0.149. The third-order valence-corrected chi connectivity index (χ3v) is 1.34. The van der Waals surface area contributed by atoms with Gasteiger partial charge in [0.25, 0.3) is 5.91 Å². The van der Waals surface area contributed by atoms with E-state index >= 15 is 0 Å². The van der Waals surface area contributed by atoms with Crippen molar-refractivity contribution in [3.05, 3.63) is 0 Å². The molecule has 1 amide bonds. The number of methoxy groups -OCH3 is 1. The minimum atomic E-state index is -1.17. The molecule has 0 aliphatic rings. The molecular weight excluding hydrogens is 192 g/mol. The molecule has 7 heteroatoms. The number of carboxylic acids is 1. The van der Waals surface area contributed by atoms with E-state index < -0.39 is 24.5 Å². The molecule has 0 saturated heterocycles. The van der Waals surface area contributed by atoms with Gasteiger partial charge in [-0.15, -0.1) is 0 Å². The number of hydroxylamine groups is 1. The Balaban J connectivity index is 3.56. The first kappa shape index (κ1) is 12.8. The van der Waals surface area contributed by atoms with E-state index in [1.165, 1.54) is 7.11 Å². The van der Waals surface area contributed by atoms with Gasteiger partial charge in [0, 0.05) is 13.7 Å². The van der Waals surface area contributed by atoms with Crippen LogP contribution in [-0.2, 0) is 19.2 Å². The number of carbonyl (C=O) groups excluding carboxylic acids is 1. The molecule has 7 nitrogen and oxygen atoms in total. The third-order valence-electron chi connectivity index (χ3n) is 1.34. The second-order valence-electron chi connectivity index (χ2n) is 2.54. The summed E-state index contributed by atoms with van der Waals surface area (Å²) in [5.74, 6) is -1.74. The molecule has 0 fully saturated rings. The molecule has 0 aromatic heterocycles. The molecule has 0 bridgehead atoms. The highest BCUT2D eigenvalue weighted by atomic mass is 16.7. The average Bonchev–Trinajstić information content (AvgIpc) is 2.13. The Morgan fingerprint density at radius 1 is 1.57 bits per heavy atom. The van der Waals surface area contributed by atoms with Crippen LogP contribution in [-0.4, -0.2) is 43.3 Å². The molecule has 0 radical (unpaired) electrons. The van der Waals surface area contributed by atoms with Crippen LogP contribution < -0.4 is 11.2 Å². The van der Waals surface area contributed by atoms with Crippen LogP contribution >= 0.6 is 0 Å². The first-order chi connectivity index (χ1) is 6.57. The van der Waals surface area contributed by atoms with Gasteiger partial charge in [-0.3, -0.25) is 9.63 Å². The number of carbonyl (C=O) groups is 2. The fraction of sp³-hybridized carbons (Fsp3) is 0.714. The number of carboxylic acid groups (broad SMARTS) is 1. The van der Waals surface area contributed by atoms with Gasteiger partial charge in [0.15, 0.2) is 6.61 Å². The van der Waals surface area contributed by atoms with Crippen LogP contribution in [0.2, 0.25) is 0 Å². The SMILES string of the molecule is COCCC(N)C(=O)NOCC(=O)O. The second kappa shape index (κ2) is 7.25. The fourth-order valence-electron chi connectivity index (χ4n) is 0.621. The van der Waals surface area contributed by atoms with Crippen molar-refractivity contribution in [1.82, 2.24) is 5.48 Å². The van der Waals surface area contributed by atoms with Gasteiger partial charge in [0.1, 0.15) is 0 Å². The molecule has 0 aliphatic heterocycles. The number of rotatable bonds is 7. The molecule has 0 aromatic carbocycles. The Morgan fingerprint density at radius 2 is 2.21 bits per heavy atom. The summed E-state index contributed by atoms with van der Waals surface area (Å²) >= 11 is 0. The summed E-state index contributed by atoms with van der Waals surface area (Å²) in [5.41, 5.74) is 7.32. The lowest BCUT2D eigenvalue weighted by atomic mass is 10.2. The predicted molar refractivity (Wildman–Crippen MR) is 46.2 cm³/mol. The maximum atomic E-state index is 11.0. The van der Waals surface area contributed by atoms with Crippen molar-refractivity contribution in [2.24, 2.45) is 5.73 Å². The summed E-state index contributed by atoms with van der Waals surface area (Å²) in [6.45, 7) is -0.240. The van der Waals surface area contributed by atoms with Crippen molar-refractivity contribution in [3.63, 3.8) is 0 Å². The Labute approximate surface area is 81.1 Å². The van der Waals surface area contributed by atoms with E-state index in [9.17, 15) is 9.59 Å². The van der Waals surface area contributed by atoms with Gasteiger partial charge in [-0.25, -0.2) is 10.3 Å². The molecule has 0 spiro atoms. The Morgan fingerprint density at radius 3 is 2.71 bits per heavy atom. The molecule has 82 valence electrons. The minimum Gasteiger partial charge on any atom is -0.479 e. The first-order valence-electron chi connectivity index (χ1n) is 3.96. The smallest absolute Gasteiger partial charge is 0.332 e. The third kappa shape index (κ3) is 6.35. The molecule has 1 atom stereocenters. The quantitative estimate of drug-likeness (QED) is 0.436. The Bertz CT molecular complexity index is 197. The highest BCUT2D eigenvalue weighted by molar-refractivity contribution is 5.80. The number of aliphatic carboxylic acids is 1. The lowest BCUT2D eigenvalue weighted by Gasteiger charge is -2.10. The molecule has 14 heavy (non-hydrogen) atoms. The maximum Gasteiger partial charge on any atom is 0.332 e. The monoisotopic (exact) mass is 206 g/mol. The summed E-state index contributed by atoms with van der Waals surface area (Å²) in [4.78, 5) is 25.4. The van der Waals surface area contributed by atoms with E-state index in [4.69, 9.17) is 15.6 Å². The van der Waals surface area contributed by atoms with Crippen LogP contribution in [0.5, 0.6) is 0 Å². The summed E-state index contributed by atoms with van der Waals surface area (Å²) in [6.07, 6.45) is 0.346. The van der Waals surface area contributed by atoms with Crippen LogP contribution in [0, 0.1) is 0 Å². The summed E-state index contributed by atoms with van der Waals surface area (Å²) in [5, 5.41) is 8.18. The zero-order chi connectivity index (χ0) is 11.0. The van der Waals surface area contributed by atoms with Crippen LogP contribution in [0.1, 0.15) is 6.42 Å². The zero-order valence-corrected chi connectivity index (χ0v) is 7.86. The largest absolute Gasteiger partial charge is 0.479 e. The van der Waals surface area contributed by atoms with Crippen molar-refractivity contribution >= 4 is 11.9 Å². The van der Waals surface area contributed by atoms with Gasteiger partial charge in [0.2, 0.25) is 0 Å². The molecule has 0 saturated carbocycles. The van der Waals surface area contributed by atoms with E-state index in [1.807, 2.05) is 5.48 Å². The number of hydrogen-bond acceptors (Lipinski definition) is 5. The van der Waals surface area contributed by atoms with E-state index in [0.29, 0.717) is 13.0 Å². The molecule has 1 unspecified atom stereocenters. The summed E-state index contributed by atoms with van der Waals surface area (Å²) in [7, 11) is 1.49. The maximum absolute atomic E-state index is 11.0. The van der Waals surface area contributed by atoms with Gasteiger partial charge in [-0.05, 0) is 6.42 Å². The van der Waals surface area contributed by atoms with Crippen molar-refractivity contribution in [2.45, 2.75) is 12.5 Å². The van der Waals surface area contributed by atoms with Crippen molar-refractivity contribution in [2.75, 3.05) is 20.3 Å². The van der Waals surface area contributed by atoms with Crippen molar-refractivity contribution in [3.8, 4) is 0 Å². The minimum absolute atomic E-state index is 0.346. The molecule has 0 aliphatic carbocycles. The molecule has 0 rings (SSSR count). The molecule has 0 aromatic rings. The molecular formula is C7H14N2O5. The average molecular weight is 206 g/mol. The topological polar surface area (TPSA) is 111 Å². The van der Waals surface area contributed by atoms with Gasteiger partial charge < -0.3 is 15.6 Å². The van der Waals surface area contributed by atoms with Gasteiger partial charge in [-0.1, -0.05) is 0 Å². The molecule has 0 heterocycles. The summed E-state index contributed by atoms with van der Waals surface area (Å²) in [6, 6.07) is -0.760. The summed E-state index contributed by atoms with van der Waals surface area (Å²) < 4.78 is 4.71. The highest BCUT2D eigenvalue weighted by Crippen LogP contribution is 1.88. The van der Waals surface area contributed by atoms with Crippen molar-refractivity contribution in [1.29, 1.82) is 0 Å². The Hall–Kier alpha value is -1.18. The van der Waals surface area contributed by atoms with Crippen molar-refractivity contribution < 1.29 is 24.3 Å². The van der Waals surface area contributed by atoms with E-state index in [1.54, 1.807) is 0 Å². The van der Waals surface area contributed by atoms with E-state index in [0.717, 1.165) is 0 Å². The second-order valence-corrected chi connectivity index (χ2v) is 2.54. The number of nitrogens with two attached hydrogens (primary N) is 1. The number of nitrogens with one attached hydrogen (secondary N) is 1. The van der Waals surface area contributed by atoms with E-state index in [2.05, 4.69) is 4.84 Å². The lowest BCUT2D eigenvalue weighted by Crippen LogP contribution is -2.41. The van der Waals surface area contributed by atoms with Gasteiger partial charge in [0.05, 0.1) is 6.04 Å². The number of hydrogen-bond donors (Lipinski definition) is 3. The van der Waals surface area contributed by atoms with Crippen LogP contribution in [0.3, 0.4) is 0 Å². The van der Waals surface area contributed by atoms with Crippen LogP contribution in [0.4, 0.5) is 0 Å². The normalized spacial score (nSPS) is 12.1. The van der Waals surface area contributed by atoms with Gasteiger partial charge >= 0.3 is 5.97 Å². The fourth-order valence-corrected chi connectivity index (χ4v) is 0.621. The van der Waals surface area contributed by atoms with Crippen LogP contribution in [0.25, 0.3) is 0 Å². The van der Waals surface area contributed by atoms with Crippen LogP contribution in [0.15, 0.2) is 0 Å². The first-order valence-corrected chi connectivity index (χ1v) is 3.96. The number of ether oxygens (including phenoxy) is 1. The predicted octanol–water partition coefficient (Wildman–Crippen LogP) is -1.52. The zero-order valence-electron chi connectivity index (χ0n) is 7.86. The highest BCUT2D eigenvalue weighted by Gasteiger charge is 2.13. The van der Waals surface area contributed by atoms with Gasteiger partial charge in [-0.2, -0.15) is 0 Å².